The Hall–Kier alpha value is -1.17. The number of allylic oxidation sites excluding steroid dienone is 4. The minimum atomic E-state index is -1.16. The summed E-state index contributed by atoms with van der Waals surface area (Å²) in [5.41, 5.74) is 0. The van der Waals surface area contributed by atoms with Gasteiger partial charge < -0.3 is 20.6 Å². The number of hydrogen-bond donors (Lipinski definition) is 4. The lowest BCUT2D eigenvalue weighted by molar-refractivity contribution is -0.124. The molecule has 0 radical (unpaired) electrons. The average molecular weight is 832 g/mol. The number of hydrogen-bond acceptors (Lipinski definition) is 4. The van der Waals surface area contributed by atoms with Crippen LogP contribution in [0, 0.1) is 0 Å². The van der Waals surface area contributed by atoms with Crippen LogP contribution in [0.2, 0.25) is 0 Å². The number of aliphatic hydroxyl groups is 3. The van der Waals surface area contributed by atoms with Gasteiger partial charge in [0.05, 0.1) is 18.8 Å². The molecular formula is C54H105NO4. The fraction of sp³-hybridized carbons (Fsp3) is 0.907. The van der Waals surface area contributed by atoms with Gasteiger partial charge in [0.25, 0.3) is 0 Å². The summed E-state index contributed by atoms with van der Waals surface area (Å²) >= 11 is 0. The number of nitrogens with one attached hydrogen (secondary N) is 1. The van der Waals surface area contributed by atoms with E-state index in [1.807, 2.05) is 0 Å². The van der Waals surface area contributed by atoms with Crippen LogP contribution in [0.3, 0.4) is 0 Å². The summed E-state index contributed by atoms with van der Waals surface area (Å²) in [4.78, 5) is 12.5. The Morgan fingerprint density at radius 1 is 0.407 bits per heavy atom. The quantitative estimate of drug-likeness (QED) is 0.0363. The molecule has 0 saturated carbocycles. The van der Waals surface area contributed by atoms with Crippen molar-refractivity contribution in [2.75, 3.05) is 6.61 Å². The van der Waals surface area contributed by atoms with Crippen molar-refractivity contribution >= 4 is 5.91 Å². The Morgan fingerprint density at radius 3 is 1.03 bits per heavy atom. The van der Waals surface area contributed by atoms with E-state index in [0.29, 0.717) is 12.8 Å². The van der Waals surface area contributed by atoms with Crippen molar-refractivity contribution in [1.29, 1.82) is 0 Å². The summed E-state index contributed by atoms with van der Waals surface area (Å²) in [7, 11) is 0. The highest BCUT2D eigenvalue weighted by Gasteiger charge is 2.26. The maximum absolute atomic E-state index is 12.5. The molecule has 5 nitrogen and oxygen atoms in total. The summed E-state index contributed by atoms with van der Waals surface area (Å²) in [5.74, 6) is -0.154. The maximum atomic E-state index is 12.5. The van der Waals surface area contributed by atoms with E-state index in [0.717, 1.165) is 44.9 Å². The first-order valence-corrected chi connectivity index (χ1v) is 26.6. The third kappa shape index (κ3) is 44.7. The van der Waals surface area contributed by atoms with E-state index in [4.69, 9.17) is 0 Å². The summed E-state index contributed by atoms with van der Waals surface area (Å²) in [5, 5.41) is 33.6. The Labute approximate surface area is 369 Å². The SMILES string of the molecule is CCCCCCC/C=C/CC/C=C/CCCC(O)C(O)C(CO)NC(=O)CCCCCCCCCCCCCCCCCCCCCCCCCCCCCCCCC. The second-order valence-corrected chi connectivity index (χ2v) is 18.4. The molecule has 1 amide bonds. The summed E-state index contributed by atoms with van der Waals surface area (Å²) in [6.45, 7) is 4.17. The fourth-order valence-corrected chi connectivity index (χ4v) is 8.42. The smallest absolute Gasteiger partial charge is 0.220 e. The highest BCUT2D eigenvalue weighted by molar-refractivity contribution is 5.76. The minimum absolute atomic E-state index is 0.154. The van der Waals surface area contributed by atoms with E-state index in [9.17, 15) is 20.1 Å². The third-order valence-electron chi connectivity index (χ3n) is 12.5. The van der Waals surface area contributed by atoms with Gasteiger partial charge in [-0.05, 0) is 51.4 Å². The second kappa shape index (κ2) is 49.5. The summed E-state index contributed by atoms with van der Waals surface area (Å²) < 4.78 is 0. The zero-order valence-electron chi connectivity index (χ0n) is 39.9. The molecule has 0 aromatic rings. The maximum Gasteiger partial charge on any atom is 0.220 e. The molecule has 0 fully saturated rings. The first-order valence-electron chi connectivity index (χ1n) is 26.6. The molecule has 0 bridgehead atoms. The first-order chi connectivity index (χ1) is 29.1. The van der Waals surface area contributed by atoms with E-state index in [1.54, 1.807) is 0 Å². The van der Waals surface area contributed by atoms with Gasteiger partial charge in [-0.1, -0.05) is 256 Å². The number of carbonyl (C=O) groups excluding carboxylic acids is 1. The van der Waals surface area contributed by atoms with Crippen molar-refractivity contribution in [2.24, 2.45) is 0 Å². The van der Waals surface area contributed by atoms with Gasteiger partial charge in [-0.25, -0.2) is 0 Å². The Kier molecular flexibility index (Phi) is 48.5. The van der Waals surface area contributed by atoms with E-state index in [-0.39, 0.29) is 12.5 Å². The predicted octanol–water partition coefficient (Wildman–Crippen LogP) is 16.1. The van der Waals surface area contributed by atoms with Gasteiger partial charge in [0, 0.05) is 6.42 Å². The number of amides is 1. The predicted molar refractivity (Wildman–Crippen MR) is 259 cm³/mol. The lowest BCUT2D eigenvalue weighted by atomic mass is 10.0. The van der Waals surface area contributed by atoms with E-state index < -0.39 is 18.2 Å². The normalized spacial score (nSPS) is 13.5. The lowest BCUT2D eigenvalue weighted by Gasteiger charge is -2.26. The van der Waals surface area contributed by atoms with Crippen LogP contribution in [0.1, 0.15) is 290 Å². The highest BCUT2D eigenvalue weighted by atomic mass is 16.3. The molecule has 0 rings (SSSR count). The molecule has 350 valence electrons. The van der Waals surface area contributed by atoms with Gasteiger partial charge in [-0.15, -0.1) is 0 Å². The van der Waals surface area contributed by atoms with E-state index in [2.05, 4.69) is 43.5 Å². The van der Waals surface area contributed by atoms with Gasteiger partial charge in [0.1, 0.15) is 6.10 Å². The molecule has 3 atom stereocenters. The molecule has 5 heteroatoms. The van der Waals surface area contributed by atoms with Crippen LogP contribution >= 0.6 is 0 Å². The van der Waals surface area contributed by atoms with Gasteiger partial charge in [-0.3, -0.25) is 4.79 Å². The number of aliphatic hydroxyl groups excluding tert-OH is 3. The monoisotopic (exact) mass is 832 g/mol. The largest absolute Gasteiger partial charge is 0.394 e. The molecule has 0 aliphatic carbocycles. The molecule has 4 N–H and O–H groups in total. The van der Waals surface area contributed by atoms with Crippen LogP contribution in [0.15, 0.2) is 24.3 Å². The van der Waals surface area contributed by atoms with Crippen molar-refractivity contribution in [2.45, 2.75) is 308 Å². The van der Waals surface area contributed by atoms with Crippen LogP contribution in [-0.4, -0.2) is 46.1 Å². The summed E-state index contributed by atoms with van der Waals surface area (Å²) in [6.07, 6.45) is 61.9. The van der Waals surface area contributed by atoms with Crippen molar-refractivity contribution < 1.29 is 20.1 Å². The Bertz CT molecular complexity index is 874. The Morgan fingerprint density at radius 2 is 0.695 bits per heavy atom. The van der Waals surface area contributed by atoms with Gasteiger partial charge in [0.15, 0.2) is 0 Å². The molecule has 0 aromatic carbocycles. The van der Waals surface area contributed by atoms with Crippen molar-refractivity contribution in [3.63, 3.8) is 0 Å². The molecule has 0 spiro atoms. The topological polar surface area (TPSA) is 89.8 Å². The van der Waals surface area contributed by atoms with Crippen molar-refractivity contribution in [1.82, 2.24) is 5.32 Å². The van der Waals surface area contributed by atoms with Crippen molar-refractivity contribution in [3.8, 4) is 0 Å². The average Bonchev–Trinajstić information content (AvgIpc) is 3.24. The van der Waals surface area contributed by atoms with Gasteiger partial charge in [0.2, 0.25) is 5.91 Å². The molecule has 3 unspecified atom stereocenters. The highest BCUT2D eigenvalue weighted by Crippen LogP contribution is 2.17. The van der Waals surface area contributed by atoms with Crippen LogP contribution in [0.25, 0.3) is 0 Å². The molecule has 59 heavy (non-hydrogen) atoms. The number of unbranched alkanes of at least 4 members (excludes halogenated alkanes) is 37. The van der Waals surface area contributed by atoms with Crippen LogP contribution in [-0.2, 0) is 4.79 Å². The van der Waals surface area contributed by atoms with Crippen LogP contribution < -0.4 is 5.32 Å². The number of carbonyl (C=O) groups is 1. The van der Waals surface area contributed by atoms with Crippen molar-refractivity contribution in [3.05, 3.63) is 24.3 Å². The van der Waals surface area contributed by atoms with Gasteiger partial charge in [-0.2, -0.15) is 0 Å². The van der Waals surface area contributed by atoms with Crippen LogP contribution in [0.4, 0.5) is 0 Å². The molecule has 0 saturated heterocycles. The first kappa shape index (κ1) is 57.8. The van der Waals surface area contributed by atoms with E-state index in [1.165, 1.54) is 218 Å². The summed E-state index contributed by atoms with van der Waals surface area (Å²) in [6, 6.07) is -0.829. The molecule has 0 aliphatic heterocycles. The molecule has 0 aliphatic rings. The third-order valence-corrected chi connectivity index (χ3v) is 12.5. The molecule has 0 heterocycles. The van der Waals surface area contributed by atoms with Gasteiger partial charge >= 0.3 is 0 Å². The Balaban J connectivity index is 3.49. The molecular weight excluding hydrogens is 727 g/mol. The minimum Gasteiger partial charge on any atom is -0.394 e. The second-order valence-electron chi connectivity index (χ2n) is 18.4. The zero-order chi connectivity index (χ0) is 43.0. The lowest BCUT2D eigenvalue weighted by Crippen LogP contribution is -2.50. The molecule has 0 aromatic heterocycles. The standard InChI is InChI=1S/C54H105NO4/c1-3-5-7-9-11-13-15-17-19-20-21-22-23-24-25-26-27-28-29-30-31-32-33-34-35-37-39-41-43-45-47-49-53(58)55-51(50-56)54(59)52(57)48-46-44-42-40-38-36-18-16-14-12-10-8-6-4-2/h16,18,40,42,51-52,54,56-57,59H,3-15,17,19-39,41,43-50H2,1-2H3,(H,55,58)/b18-16+,42-40+. The van der Waals surface area contributed by atoms with Crippen LogP contribution in [0.5, 0.6) is 0 Å². The zero-order valence-corrected chi connectivity index (χ0v) is 39.9. The number of rotatable bonds is 49. The van der Waals surface area contributed by atoms with E-state index >= 15 is 0 Å². The fourth-order valence-electron chi connectivity index (χ4n) is 8.42.